The Morgan fingerprint density at radius 2 is 2.12 bits per heavy atom. The maximum atomic E-state index is 12.2. The second-order valence-electron chi connectivity index (χ2n) is 3.69. The molecule has 0 aliphatic heterocycles. The van der Waals surface area contributed by atoms with Gasteiger partial charge in [0.2, 0.25) is 0 Å². The van der Waals surface area contributed by atoms with Gasteiger partial charge >= 0.3 is 6.61 Å². The first-order valence-electron chi connectivity index (χ1n) is 5.55. The summed E-state index contributed by atoms with van der Waals surface area (Å²) < 4.78 is 28.8. The molecule has 0 aliphatic carbocycles. The van der Waals surface area contributed by atoms with E-state index >= 15 is 0 Å². The molecule has 0 atom stereocenters. The highest BCUT2D eigenvalue weighted by atomic mass is 19.3. The molecule has 0 aromatic heterocycles. The van der Waals surface area contributed by atoms with Crippen LogP contribution in [-0.2, 0) is 0 Å². The number of rotatable bonds is 6. The van der Waals surface area contributed by atoms with Gasteiger partial charge in [0, 0.05) is 12.1 Å². The molecule has 0 spiro atoms. The number of ether oxygens (including phenoxy) is 1. The SMILES string of the molecule is CCNCC(C)=Cc1ccccc1OC(F)F. The van der Waals surface area contributed by atoms with E-state index in [0.29, 0.717) is 5.56 Å². The lowest BCUT2D eigenvalue weighted by atomic mass is 10.1. The van der Waals surface area contributed by atoms with Crippen molar-refractivity contribution in [2.24, 2.45) is 0 Å². The van der Waals surface area contributed by atoms with Crippen molar-refractivity contribution in [3.8, 4) is 5.75 Å². The third-order valence-corrected chi connectivity index (χ3v) is 2.19. The molecule has 94 valence electrons. The van der Waals surface area contributed by atoms with Gasteiger partial charge in [0.15, 0.2) is 0 Å². The summed E-state index contributed by atoms with van der Waals surface area (Å²) in [6, 6.07) is 6.77. The molecule has 17 heavy (non-hydrogen) atoms. The fourth-order valence-corrected chi connectivity index (χ4v) is 1.44. The van der Waals surface area contributed by atoms with Crippen molar-refractivity contribution in [2.75, 3.05) is 13.1 Å². The minimum Gasteiger partial charge on any atom is -0.434 e. The Bertz CT molecular complexity index is 377. The molecule has 0 amide bonds. The topological polar surface area (TPSA) is 21.3 Å². The number of hydrogen-bond donors (Lipinski definition) is 1. The number of halogens is 2. The molecule has 0 aliphatic rings. The average molecular weight is 241 g/mol. The molecule has 0 fully saturated rings. The first-order valence-corrected chi connectivity index (χ1v) is 5.55. The molecule has 0 saturated heterocycles. The minimum absolute atomic E-state index is 0.207. The highest BCUT2D eigenvalue weighted by Crippen LogP contribution is 2.22. The monoisotopic (exact) mass is 241 g/mol. The largest absolute Gasteiger partial charge is 0.434 e. The third kappa shape index (κ3) is 4.95. The van der Waals surface area contributed by atoms with Crippen molar-refractivity contribution >= 4 is 6.08 Å². The van der Waals surface area contributed by atoms with E-state index in [0.717, 1.165) is 18.7 Å². The molecule has 1 N–H and O–H groups in total. The normalized spacial score (nSPS) is 11.9. The van der Waals surface area contributed by atoms with E-state index in [1.807, 2.05) is 19.9 Å². The predicted octanol–water partition coefficient (Wildman–Crippen LogP) is 3.30. The summed E-state index contributed by atoms with van der Waals surface area (Å²) in [6.07, 6.45) is 1.85. The zero-order chi connectivity index (χ0) is 12.7. The van der Waals surface area contributed by atoms with Gasteiger partial charge in [-0.15, -0.1) is 0 Å². The molecule has 0 heterocycles. The quantitative estimate of drug-likeness (QED) is 0.825. The lowest BCUT2D eigenvalue weighted by molar-refractivity contribution is -0.0499. The van der Waals surface area contributed by atoms with Crippen LogP contribution in [0.1, 0.15) is 19.4 Å². The van der Waals surface area contributed by atoms with E-state index < -0.39 is 6.61 Å². The molecule has 4 heteroatoms. The van der Waals surface area contributed by atoms with Crippen molar-refractivity contribution in [1.82, 2.24) is 5.32 Å². The van der Waals surface area contributed by atoms with E-state index in [2.05, 4.69) is 10.1 Å². The van der Waals surface area contributed by atoms with E-state index in [1.54, 1.807) is 24.3 Å². The molecule has 1 rings (SSSR count). The first-order chi connectivity index (χ1) is 8.13. The van der Waals surface area contributed by atoms with Crippen molar-refractivity contribution < 1.29 is 13.5 Å². The lowest BCUT2D eigenvalue weighted by Crippen LogP contribution is -2.14. The van der Waals surface area contributed by atoms with E-state index in [4.69, 9.17) is 0 Å². The summed E-state index contributed by atoms with van der Waals surface area (Å²) in [4.78, 5) is 0. The van der Waals surface area contributed by atoms with Crippen molar-refractivity contribution in [1.29, 1.82) is 0 Å². The molecule has 1 aromatic rings. The van der Waals surface area contributed by atoms with Gasteiger partial charge in [0.25, 0.3) is 0 Å². The Balaban J connectivity index is 2.81. The molecular weight excluding hydrogens is 224 g/mol. The van der Waals surface area contributed by atoms with Crippen LogP contribution < -0.4 is 10.1 Å². The number of likely N-dealkylation sites (N-methyl/N-ethyl adjacent to an activating group) is 1. The Morgan fingerprint density at radius 1 is 1.41 bits per heavy atom. The maximum absolute atomic E-state index is 12.2. The van der Waals surface area contributed by atoms with Crippen molar-refractivity contribution in [3.63, 3.8) is 0 Å². The summed E-state index contributed by atoms with van der Waals surface area (Å²) >= 11 is 0. The highest BCUT2D eigenvalue weighted by molar-refractivity contribution is 5.59. The van der Waals surface area contributed by atoms with E-state index in [1.165, 1.54) is 0 Å². The summed E-state index contributed by atoms with van der Waals surface area (Å²) in [6.45, 7) is 2.78. The van der Waals surface area contributed by atoms with E-state index in [9.17, 15) is 8.78 Å². The molecule has 0 unspecified atom stereocenters. The average Bonchev–Trinajstić information content (AvgIpc) is 2.28. The first kappa shape index (κ1) is 13.6. The Hall–Kier alpha value is -1.42. The van der Waals surface area contributed by atoms with Crippen LogP contribution >= 0.6 is 0 Å². The van der Waals surface area contributed by atoms with Crippen LogP contribution in [0.3, 0.4) is 0 Å². The van der Waals surface area contributed by atoms with Crippen molar-refractivity contribution in [2.45, 2.75) is 20.5 Å². The molecule has 0 bridgehead atoms. The fraction of sp³-hybridized carbons (Fsp3) is 0.385. The van der Waals surface area contributed by atoms with Gasteiger partial charge in [-0.1, -0.05) is 36.8 Å². The third-order valence-electron chi connectivity index (χ3n) is 2.19. The summed E-state index contributed by atoms with van der Waals surface area (Å²) in [5.74, 6) is 0.207. The van der Waals surface area contributed by atoms with Gasteiger partial charge in [-0.2, -0.15) is 8.78 Å². The zero-order valence-corrected chi connectivity index (χ0v) is 10.0. The number of benzene rings is 1. The Kier molecular flexibility index (Phi) is 5.63. The summed E-state index contributed by atoms with van der Waals surface area (Å²) in [5.41, 5.74) is 1.74. The van der Waals surface area contributed by atoms with Gasteiger partial charge in [0.05, 0.1) is 0 Å². The number of para-hydroxylation sites is 1. The Labute approximate surface area is 100 Å². The molecule has 1 aromatic carbocycles. The molecule has 0 saturated carbocycles. The smallest absolute Gasteiger partial charge is 0.387 e. The second-order valence-corrected chi connectivity index (χ2v) is 3.69. The number of hydrogen-bond acceptors (Lipinski definition) is 2. The second kappa shape index (κ2) is 7.01. The minimum atomic E-state index is -2.79. The van der Waals surface area contributed by atoms with Crippen LogP contribution in [0.25, 0.3) is 6.08 Å². The number of nitrogens with one attached hydrogen (secondary N) is 1. The van der Waals surface area contributed by atoms with Gasteiger partial charge in [-0.05, 0) is 19.5 Å². The number of alkyl halides is 2. The van der Waals surface area contributed by atoms with Gasteiger partial charge in [-0.3, -0.25) is 0 Å². The van der Waals surface area contributed by atoms with Crippen LogP contribution in [0.4, 0.5) is 8.78 Å². The van der Waals surface area contributed by atoms with Gasteiger partial charge in [0.1, 0.15) is 5.75 Å². The lowest BCUT2D eigenvalue weighted by Gasteiger charge is -2.09. The van der Waals surface area contributed by atoms with Crippen molar-refractivity contribution in [3.05, 3.63) is 35.4 Å². The van der Waals surface area contributed by atoms with Crippen LogP contribution in [0.2, 0.25) is 0 Å². The highest BCUT2D eigenvalue weighted by Gasteiger charge is 2.07. The van der Waals surface area contributed by atoms with E-state index in [-0.39, 0.29) is 5.75 Å². The Morgan fingerprint density at radius 3 is 2.76 bits per heavy atom. The zero-order valence-electron chi connectivity index (χ0n) is 10.0. The molecule has 2 nitrogen and oxygen atoms in total. The summed E-state index contributed by atoms with van der Waals surface area (Å²) in [5, 5.41) is 3.17. The van der Waals surface area contributed by atoms with Crippen LogP contribution in [0.5, 0.6) is 5.75 Å². The molecular formula is C13H17F2NO. The standard InChI is InChI=1S/C13H17F2NO/c1-3-16-9-10(2)8-11-6-4-5-7-12(11)17-13(14)15/h4-8,13,16H,3,9H2,1-2H3. The predicted molar refractivity (Wildman–Crippen MR) is 65.3 cm³/mol. The molecule has 0 radical (unpaired) electrons. The van der Waals surface area contributed by atoms with Crippen LogP contribution in [0, 0.1) is 0 Å². The van der Waals surface area contributed by atoms with Gasteiger partial charge in [-0.25, -0.2) is 0 Å². The van der Waals surface area contributed by atoms with Crippen LogP contribution in [0.15, 0.2) is 29.8 Å². The van der Waals surface area contributed by atoms with Crippen LogP contribution in [-0.4, -0.2) is 19.7 Å². The summed E-state index contributed by atoms with van der Waals surface area (Å²) in [7, 11) is 0. The fourth-order valence-electron chi connectivity index (χ4n) is 1.44. The maximum Gasteiger partial charge on any atom is 0.387 e. The van der Waals surface area contributed by atoms with Gasteiger partial charge < -0.3 is 10.1 Å².